The fourth-order valence-corrected chi connectivity index (χ4v) is 2.52. The molecule has 3 rings (SSSR count). The average molecular weight is 267 g/mol. The summed E-state index contributed by atoms with van der Waals surface area (Å²) in [4.78, 5) is 0. The van der Waals surface area contributed by atoms with E-state index in [2.05, 4.69) is 17.6 Å². The van der Waals surface area contributed by atoms with Gasteiger partial charge in [-0.2, -0.15) is 0 Å². The lowest BCUT2D eigenvalue weighted by Crippen LogP contribution is -2.04. The van der Waals surface area contributed by atoms with Gasteiger partial charge in [0.15, 0.2) is 0 Å². The molecule has 0 fully saturated rings. The summed E-state index contributed by atoms with van der Waals surface area (Å²) < 4.78 is 7.89. The standard InChI is InChI=1S/C17H17NO2/c1-2-18-14(12-20-15-8-4-3-5-9-15)11-13-7-6-10-16(19)17(13)18/h3-11,19H,2,12H2,1H3. The zero-order chi connectivity index (χ0) is 13.9. The van der Waals surface area contributed by atoms with Crippen molar-refractivity contribution in [3.63, 3.8) is 0 Å². The number of phenols is 1. The zero-order valence-electron chi connectivity index (χ0n) is 11.4. The third kappa shape index (κ3) is 2.23. The number of hydrogen-bond donors (Lipinski definition) is 1. The van der Waals surface area contributed by atoms with Crippen molar-refractivity contribution in [2.75, 3.05) is 0 Å². The van der Waals surface area contributed by atoms with Crippen LogP contribution in [-0.4, -0.2) is 9.67 Å². The average Bonchev–Trinajstić information content (AvgIpc) is 2.85. The van der Waals surface area contributed by atoms with E-state index in [1.54, 1.807) is 6.07 Å². The molecule has 3 heteroatoms. The van der Waals surface area contributed by atoms with Crippen LogP contribution in [-0.2, 0) is 13.2 Å². The molecule has 1 heterocycles. The largest absolute Gasteiger partial charge is 0.506 e. The van der Waals surface area contributed by atoms with Crippen LogP contribution >= 0.6 is 0 Å². The highest BCUT2D eigenvalue weighted by molar-refractivity contribution is 5.86. The summed E-state index contributed by atoms with van der Waals surface area (Å²) in [7, 11) is 0. The number of phenolic OH excluding ortho intramolecular Hbond substituents is 1. The molecule has 0 atom stereocenters. The molecular formula is C17H17NO2. The third-order valence-electron chi connectivity index (χ3n) is 3.43. The molecule has 0 bridgehead atoms. The quantitative estimate of drug-likeness (QED) is 0.776. The van der Waals surface area contributed by atoms with Crippen LogP contribution in [0.3, 0.4) is 0 Å². The number of hydrogen-bond acceptors (Lipinski definition) is 2. The first-order valence-electron chi connectivity index (χ1n) is 6.77. The number of para-hydroxylation sites is 2. The number of benzene rings is 2. The van der Waals surface area contributed by atoms with Gasteiger partial charge in [0.05, 0.1) is 11.2 Å². The molecule has 2 aromatic carbocycles. The molecule has 0 saturated carbocycles. The smallest absolute Gasteiger partial charge is 0.139 e. The first kappa shape index (κ1) is 12.6. The number of aromatic hydroxyl groups is 1. The SMILES string of the molecule is CCn1c(COc2ccccc2)cc2cccc(O)c21. The molecule has 0 aliphatic rings. The molecule has 3 nitrogen and oxygen atoms in total. The highest BCUT2D eigenvalue weighted by atomic mass is 16.5. The number of ether oxygens (including phenoxy) is 1. The predicted octanol–water partition coefficient (Wildman–Crippen LogP) is 3.95. The van der Waals surface area contributed by atoms with E-state index in [4.69, 9.17) is 4.74 Å². The van der Waals surface area contributed by atoms with Crippen molar-refractivity contribution >= 4 is 10.9 Å². The summed E-state index contributed by atoms with van der Waals surface area (Å²) in [6.07, 6.45) is 0. The summed E-state index contributed by atoms with van der Waals surface area (Å²) in [5.74, 6) is 1.17. The van der Waals surface area contributed by atoms with Crippen molar-refractivity contribution in [1.29, 1.82) is 0 Å². The predicted molar refractivity (Wildman–Crippen MR) is 80.1 cm³/mol. The van der Waals surface area contributed by atoms with E-state index in [9.17, 15) is 5.11 Å². The van der Waals surface area contributed by atoms with Gasteiger partial charge in [-0.15, -0.1) is 0 Å². The van der Waals surface area contributed by atoms with E-state index in [1.165, 1.54) is 0 Å². The second kappa shape index (κ2) is 5.29. The van der Waals surface area contributed by atoms with Gasteiger partial charge in [0.25, 0.3) is 0 Å². The van der Waals surface area contributed by atoms with Gasteiger partial charge in [-0.3, -0.25) is 0 Å². The van der Waals surface area contributed by atoms with Gasteiger partial charge in [0.1, 0.15) is 18.1 Å². The van der Waals surface area contributed by atoms with Gasteiger partial charge in [0, 0.05) is 11.9 Å². The second-order valence-electron chi connectivity index (χ2n) is 4.70. The van der Waals surface area contributed by atoms with E-state index in [1.807, 2.05) is 42.5 Å². The van der Waals surface area contributed by atoms with Gasteiger partial charge in [-0.25, -0.2) is 0 Å². The summed E-state index contributed by atoms with van der Waals surface area (Å²) in [5, 5.41) is 11.1. The third-order valence-corrected chi connectivity index (χ3v) is 3.43. The molecule has 0 saturated heterocycles. The molecule has 20 heavy (non-hydrogen) atoms. The van der Waals surface area contributed by atoms with E-state index in [0.717, 1.165) is 28.9 Å². The van der Waals surface area contributed by atoms with Crippen LogP contribution in [0.25, 0.3) is 10.9 Å². The Hall–Kier alpha value is -2.42. The number of rotatable bonds is 4. The Morgan fingerprint density at radius 1 is 1.05 bits per heavy atom. The van der Waals surface area contributed by atoms with Crippen molar-refractivity contribution in [1.82, 2.24) is 4.57 Å². The summed E-state index contributed by atoms with van der Waals surface area (Å²) in [5.41, 5.74) is 1.94. The van der Waals surface area contributed by atoms with Crippen molar-refractivity contribution in [3.05, 3.63) is 60.3 Å². The number of nitrogens with zero attached hydrogens (tertiary/aromatic N) is 1. The second-order valence-corrected chi connectivity index (χ2v) is 4.70. The molecule has 0 radical (unpaired) electrons. The van der Waals surface area contributed by atoms with Crippen molar-refractivity contribution in [3.8, 4) is 11.5 Å². The Morgan fingerprint density at radius 3 is 2.60 bits per heavy atom. The Labute approximate surface area is 118 Å². The summed E-state index contributed by atoms with van der Waals surface area (Å²) in [6, 6.07) is 17.4. The van der Waals surface area contributed by atoms with Crippen molar-refractivity contribution in [2.24, 2.45) is 0 Å². The van der Waals surface area contributed by atoms with E-state index >= 15 is 0 Å². The molecule has 0 amide bonds. The minimum Gasteiger partial charge on any atom is -0.506 e. The lowest BCUT2D eigenvalue weighted by atomic mass is 10.2. The monoisotopic (exact) mass is 267 g/mol. The van der Waals surface area contributed by atoms with Crippen LogP contribution in [0.15, 0.2) is 54.6 Å². The number of fused-ring (bicyclic) bond motifs is 1. The maximum Gasteiger partial charge on any atom is 0.139 e. The number of aryl methyl sites for hydroxylation is 1. The molecule has 0 unspecified atom stereocenters. The lowest BCUT2D eigenvalue weighted by molar-refractivity contribution is 0.296. The molecule has 0 aliphatic heterocycles. The fraction of sp³-hybridized carbons (Fsp3) is 0.176. The summed E-state index contributed by atoms with van der Waals surface area (Å²) >= 11 is 0. The Morgan fingerprint density at radius 2 is 1.85 bits per heavy atom. The van der Waals surface area contributed by atoms with E-state index in [0.29, 0.717) is 12.4 Å². The van der Waals surface area contributed by atoms with Crippen LogP contribution < -0.4 is 4.74 Å². The van der Waals surface area contributed by atoms with Crippen LogP contribution in [0.1, 0.15) is 12.6 Å². The van der Waals surface area contributed by atoms with E-state index < -0.39 is 0 Å². The molecule has 3 aromatic rings. The minimum atomic E-state index is 0.315. The van der Waals surface area contributed by atoms with Gasteiger partial charge in [-0.1, -0.05) is 30.3 Å². The number of aromatic nitrogens is 1. The molecule has 1 N–H and O–H groups in total. The Bertz CT molecular complexity index is 716. The van der Waals surface area contributed by atoms with E-state index in [-0.39, 0.29) is 0 Å². The minimum absolute atomic E-state index is 0.315. The highest BCUT2D eigenvalue weighted by Crippen LogP contribution is 2.28. The van der Waals surface area contributed by atoms with Gasteiger partial charge < -0.3 is 14.4 Å². The van der Waals surface area contributed by atoms with Crippen molar-refractivity contribution in [2.45, 2.75) is 20.1 Å². The normalized spacial score (nSPS) is 10.8. The highest BCUT2D eigenvalue weighted by Gasteiger charge is 2.11. The fourth-order valence-electron chi connectivity index (χ4n) is 2.52. The van der Waals surface area contributed by atoms with Gasteiger partial charge >= 0.3 is 0 Å². The lowest BCUT2D eigenvalue weighted by Gasteiger charge is -2.10. The maximum atomic E-state index is 10.0. The first-order valence-corrected chi connectivity index (χ1v) is 6.77. The molecule has 0 aliphatic carbocycles. The maximum absolute atomic E-state index is 10.0. The topological polar surface area (TPSA) is 34.4 Å². The van der Waals surface area contributed by atoms with Gasteiger partial charge in [-0.05, 0) is 31.2 Å². The first-order chi connectivity index (χ1) is 9.79. The van der Waals surface area contributed by atoms with Crippen LogP contribution in [0.5, 0.6) is 11.5 Å². The van der Waals surface area contributed by atoms with Crippen LogP contribution in [0, 0.1) is 0 Å². The molecule has 0 spiro atoms. The zero-order valence-corrected chi connectivity index (χ0v) is 11.4. The Balaban J connectivity index is 1.93. The van der Waals surface area contributed by atoms with Crippen LogP contribution in [0.2, 0.25) is 0 Å². The summed E-state index contributed by atoms with van der Waals surface area (Å²) in [6.45, 7) is 3.36. The van der Waals surface area contributed by atoms with Crippen molar-refractivity contribution < 1.29 is 9.84 Å². The van der Waals surface area contributed by atoms with Crippen LogP contribution in [0.4, 0.5) is 0 Å². The molecule has 102 valence electrons. The van der Waals surface area contributed by atoms with Gasteiger partial charge in [0.2, 0.25) is 0 Å². The molecule has 1 aromatic heterocycles. The molecular weight excluding hydrogens is 250 g/mol. The Kier molecular flexibility index (Phi) is 3.33.